The number of guanidine groups is 1. The normalized spacial score (nSPS) is 22.6. The number of hydrogen-bond donors (Lipinski definition) is 4. The van der Waals surface area contributed by atoms with Crippen LogP contribution in [0.15, 0.2) is 65.7 Å². The molecule has 0 radical (unpaired) electrons. The van der Waals surface area contributed by atoms with Crippen LogP contribution in [0.2, 0.25) is 0 Å². The van der Waals surface area contributed by atoms with Crippen molar-refractivity contribution in [3.8, 4) is 11.4 Å². The minimum atomic E-state index is -0.634. The molecule has 10 nitrogen and oxygen atoms in total. The van der Waals surface area contributed by atoms with Gasteiger partial charge in [-0.2, -0.15) is 20.0 Å². The number of rotatable bonds is 3. The first-order chi connectivity index (χ1) is 14.2. The molecule has 146 valence electrons. The molecule has 0 fully saturated rings. The summed E-state index contributed by atoms with van der Waals surface area (Å²) in [4.78, 5) is 18.0. The smallest absolute Gasteiger partial charge is 0.247 e. The lowest BCUT2D eigenvalue weighted by molar-refractivity contribution is 0.0722. The van der Waals surface area contributed by atoms with Gasteiger partial charge in [-0.1, -0.05) is 60.7 Å². The third-order valence-electron chi connectivity index (χ3n) is 4.78. The summed E-state index contributed by atoms with van der Waals surface area (Å²) in [5.74, 6) is 1.51. The fourth-order valence-corrected chi connectivity index (χ4v) is 3.36. The van der Waals surface area contributed by atoms with Crippen LogP contribution in [0.5, 0.6) is 0 Å². The number of hydrogen-bond acceptors (Lipinski definition) is 10. The van der Waals surface area contributed by atoms with Gasteiger partial charge in [-0.15, -0.1) is 0 Å². The zero-order valence-corrected chi connectivity index (χ0v) is 15.5. The minimum Gasteiger partial charge on any atom is -0.368 e. The van der Waals surface area contributed by atoms with Crippen LogP contribution in [0.3, 0.4) is 0 Å². The SMILES string of the molecule is NC1=NC(Cc2ccccc2)N2Nc3nc(nc(-c4ccccc4)n3)NN1C2N. The Labute approximate surface area is 167 Å². The third kappa shape index (κ3) is 3.30. The number of nitrogens with one attached hydrogen (secondary N) is 2. The van der Waals surface area contributed by atoms with E-state index in [1.54, 1.807) is 5.01 Å². The largest absolute Gasteiger partial charge is 0.368 e. The van der Waals surface area contributed by atoms with Crippen molar-refractivity contribution >= 4 is 17.9 Å². The first kappa shape index (κ1) is 17.3. The quantitative estimate of drug-likeness (QED) is 0.517. The second-order valence-corrected chi connectivity index (χ2v) is 6.74. The van der Waals surface area contributed by atoms with Crippen molar-refractivity contribution < 1.29 is 0 Å². The molecule has 5 rings (SSSR count). The van der Waals surface area contributed by atoms with Gasteiger partial charge < -0.3 is 5.73 Å². The Kier molecular flexibility index (Phi) is 4.19. The summed E-state index contributed by atoms with van der Waals surface area (Å²) in [5, 5.41) is 3.31. The van der Waals surface area contributed by atoms with Gasteiger partial charge in [-0.05, 0) is 5.56 Å². The van der Waals surface area contributed by atoms with E-state index in [0.717, 1.165) is 11.1 Å². The van der Waals surface area contributed by atoms with E-state index in [9.17, 15) is 0 Å². The molecule has 1 aromatic heterocycles. The van der Waals surface area contributed by atoms with Crippen LogP contribution in [-0.4, -0.2) is 43.4 Å². The number of hydrazine groups is 2. The minimum absolute atomic E-state index is 0.265. The predicted octanol–water partition coefficient (Wildman–Crippen LogP) is 0.949. The molecule has 0 saturated carbocycles. The molecule has 4 bridgehead atoms. The number of nitrogens with zero attached hydrogens (tertiary/aromatic N) is 6. The first-order valence-corrected chi connectivity index (χ1v) is 9.22. The molecule has 3 heterocycles. The van der Waals surface area contributed by atoms with Gasteiger partial charge in [0.05, 0.1) is 0 Å². The first-order valence-electron chi connectivity index (χ1n) is 9.22. The highest BCUT2D eigenvalue weighted by Crippen LogP contribution is 2.24. The lowest BCUT2D eigenvalue weighted by atomic mass is 10.1. The summed E-state index contributed by atoms with van der Waals surface area (Å²) in [7, 11) is 0. The Morgan fingerprint density at radius 1 is 0.862 bits per heavy atom. The van der Waals surface area contributed by atoms with Crippen LogP contribution < -0.4 is 22.3 Å². The Hall–Kier alpha value is -3.76. The van der Waals surface area contributed by atoms with Gasteiger partial charge in [0.2, 0.25) is 17.9 Å². The van der Waals surface area contributed by atoms with E-state index in [0.29, 0.717) is 24.1 Å². The number of nitrogens with two attached hydrogens (primary N) is 2. The molecule has 3 unspecified atom stereocenters. The maximum absolute atomic E-state index is 6.44. The Balaban J connectivity index is 1.52. The van der Waals surface area contributed by atoms with E-state index in [1.165, 1.54) is 5.01 Å². The Morgan fingerprint density at radius 3 is 2.24 bits per heavy atom. The van der Waals surface area contributed by atoms with Gasteiger partial charge in [-0.3, -0.25) is 16.6 Å². The highest BCUT2D eigenvalue weighted by atomic mass is 15.8. The fraction of sp³-hybridized carbons (Fsp3) is 0.158. The molecule has 3 atom stereocenters. The number of anilines is 2. The number of aliphatic imine (C=N–C) groups is 1. The van der Waals surface area contributed by atoms with Gasteiger partial charge >= 0.3 is 0 Å². The van der Waals surface area contributed by atoms with Crippen LogP contribution in [0.25, 0.3) is 11.4 Å². The standard InChI is InChI=1S/C19H20N10/c20-16-22-14(11-12-7-3-1-4-8-12)28-17(21)29(16)27-19-24-15(23-18(25-19)26-28)13-9-5-2-6-10-13/h1-10,14,17H,11,21H2,(H2,20,22)(H2,23,24,25,26,27). The summed E-state index contributed by atoms with van der Waals surface area (Å²) in [6.07, 6.45) is -0.339. The summed E-state index contributed by atoms with van der Waals surface area (Å²) >= 11 is 0. The molecule has 10 heteroatoms. The Bertz CT molecular complexity index is 1040. The monoisotopic (exact) mass is 388 g/mol. The van der Waals surface area contributed by atoms with Crippen molar-refractivity contribution in [1.82, 2.24) is 25.0 Å². The number of aromatic nitrogens is 3. The van der Waals surface area contributed by atoms with E-state index >= 15 is 0 Å². The van der Waals surface area contributed by atoms with Crippen molar-refractivity contribution in [3.63, 3.8) is 0 Å². The second kappa shape index (κ2) is 7.00. The molecule has 6 N–H and O–H groups in total. The number of benzene rings is 2. The summed E-state index contributed by atoms with van der Waals surface area (Å²) < 4.78 is 0. The van der Waals surface area contributed by atoms with Crippen molar-refractivity contribution in [2.24, 2.45) is 16.5 Å². The van der Waals surface area contributed by atoms with Crippen molar-refractivity contribution in [3.05, 3.63) is 66.2 Å². The van der Waals surface area contributed by atoms with Crippen LogP contribution in [0.1, 0.15) is 5.56 Å². The van der Waals surface area contributed by atoms with E-state index < -0.39 is 6.29 Å². The van der Waals surface area contributed by atoms with Gasteiger partial charge in [0.15, 0.2) is 12.1 Å². The molecular formula is C19H20N10. The van der Waals surface area contributed by atoms with E-state index in [-0.39, 0.29) is 12.1 Å². The fourth-order valence-electron chi connectivity index (χ4n) is 3.36. The highest BCUT2D eigenvalue weighted by molar-refractivity contribution is 5.80. The predicted molar refractivity (Wildman–Crippen MR) is 110 cm³/mol. The zero-order valence-electron chi connectivity index (χ0n) is 15.5. The van der Waals surface area contributed by atoms with Gasteiger partial charge in [0.1, 0.15) is 6.17 Å². The summed E-state index contributed by atoms with van der Waals surface area (Å²) in [6.45, 7) is 0. The maximum atomic E-state index is 6.44. The molecule has 0 saturated heterocycles. The highest BCUT2D eigenvalue weighted by Gasteiger charge is 2.37. The lowest BCUT2D eigenvalue weighted by Gasteiger charge is -2.44. The van der Waals surface area contributed by atoms with Crippen molar-refractivity contribution in [2.45, 2.75) is 18.9 Å². The molecule has 0 aliphatic carbocycles. The van der Waals surface area contributed by atoms with Crippen LogP contribution in [0, 0.1) is 0 Å². The van der Waals surface area contributed by atoms with Gasteiger partial charge in [-0.25, -0.2) is 10.0 Å². The van der Waals surface area contributed by atoms with Crippen LogP contribution in [-0.2, 0) is 6.42 Å². The topological polar surface area (TPSA) is 134 Å². The van der Waals surface area contributed by atoms with Crippen LogP contribution in [0.4, 0.5) is 11.9 Å². The molecule has 29 heavy (non-hydrogen) atoms. The van der Waals surface area contributed by atoms with Crippen molar-refractivity contribution in [1.29, 1.82) is 0 Å². The summed E-state index contributed by atoms with van der Waals surface area (Å²) in [6, 6.07) is 19.7. The molecule has 3 aromatic rings. The molecule has 2 aliphatic rings. The van der Waals surface area contributed by atoms with Crippen molar-refractivity contribution in [2.75, 3.05) is 10.9 Å². The molecule has 2 aromatic carbocycles. The second-order valence-electron chi connectivity index (χ2n) is 6.74. The molecular weight excluding hydrogens is 368 g/mol. The summed E-state index contributed by atoms with van der Waals surface area (Å²) in [5.41, 5.74) is 20.9. The maximum Gasteiger partial charge on any atom is 0.247 e. The third-order valence-corrected chi connectivity index (χ3v) is 4.78. The van der Waals surface area contributed by atoms with E-state index in [1.807, 2.05) is 60.7 Å². The molecule has 0 amide bonds. The zero-order chi connectivity index (χ0) is 19.8. The average molecular weight is 388 g/mol. The molecule has 2 aliphatic heterocycles. The van der Waals surface area contributed by atoms with E-state index in [2.05, 4.69) is 30.8 Å². The number of fused-ring (bicyclic) bond motifs is 4. The van der Waals surface area contributed by atoms with Crippen LogP contribution >= 0.6 is 0 Å². The van der Waals surface area contributed by atoms with Gasteiger partial charge in [0.25, 0.3) is 0 Å². The molecule has 0 spiro atoms. The average Bonchev–Trinajstić information content (AvgIpc) is 2.74. The van der Waals surface area contributed by atoms with Gasteiger partial charge in [0, 0.05) is 12.0 Å². The lowest BCUT2D eigenvalue weighted by Crippen LogP contribution is -2.68. The van der Waals surface area contributed by atoms with E-state index in [4.69, 9.17) is 11.5 Å². The Morgan fingerprint density at radius 2 is 1.52 bits per heavy atom.